The highest BCUT2D eigenvalue weighted by molar-refractivity contribution is 5.40. The molecule has 2 atom stereocenters. The SMILES string of the molecule is CC1=CC(C#N)=CC(C)C1O. The van der Waals surface area contributed by atoms with E-state index in [2.05, 4.69) is 6.07 Å². The number of hydrogen-bond acceptors (Lipinski definition) is 2. The maximum atomic E-state index is 9.44. The van der Waals surface area contributed by atoms with E-state index in [-0.39, 0.29) is 5.92 Å². The topological polar surface area (TPSA) is 44.0 Å². The molecular weight excluding hydrogens is 138 g/mol. The molecule has 1 rings (SSSR count). The molecule has 1 aliphatic carbocycles. The minimum Gasteiger partial charge on any atom is -0.388 e. The molecule has 0 radical (unpaired) electrons. The van der Waals surface area contributed by atoms with Crippen LogP contribution in [-0.4, -0.2) is 11.2 Å². The summed E-state index contributed by atoms with van der Waals surface area (Å²) in [6.07, 6.45) is 3.11. The van der Waals surface area contributed by atoms with Gasteiger partial charge in [-0.2, -0.15) is 5.26 Å². The van der Waals surface area contributed by atoms with Gasteiger partial charge in [-0.05, 0) is 18.6 Å². The van der Waals surface area contributed by atoms with Crippen LogP contribution in [0.1, 0.15) is 13.8 Å². The van der Waals surface area contributed by atoms with Crippen LogP contribution in [0.4, 0.5) is 0 Å². The second kappa shape index (κ2) is 2.89. The van der Waals surface area contributed by atoms with E-state index in [1.54, 1.807) is 12.2 Å². The first kappa shape index (κ1) is 8.03. The van der Waals surface area contributed by atoms with Crippen LogP contribution in [0.15, 0.2) is 23.3 Å². The summed E-state index contributed by atoms with van der Waals surface area (Å²) < 4.78 is 0. The zero-order chi connectivity index (χ0) is 8.43. The largest absolute Gasteiger partial charge is 0.388 e. The smallest absolute Gasteiger partial charge is 0.0988 e. The van der Waals surface area contributed by atoms with Gasteiger partial charge in [-0.3, -0.25) is 0 Å². The maximum Gasteiger partial charge on any atom is 0.0988 e. The Kier molecular flexibility index (Phi) is 2.11. The first-order valence-electron chi connectivity index (χ1n) is 3.63. The third-order valence-electron chi connectivity index (χ3n) is 1.92. The number of allylic oxidation sites excluding steroid dienone is 2. The highest BCUT2D eigenvalue weighted by Crippen LogP contribution is 2.21. The summed E-state index contributed by atoms with van der Waals surface area (Å²) in [4.78, 5) is 0. The van der Waals surface area contributed by atoms with Crippen LogP contribution in [0, 0.1) is 17.2 Å². The quantitative estimate of drug-likeness (QED) is 0.565. The molecular formula is C9H11NO. The van der Waals surface area contributed by atoms with Crippen molar-refractivity contribution in [2.75, 3.05) is 0 Å². The first-order valence-corrected chi connectivity index (χ1v) is 3.63. The molecule has 1 N–H and O–H groups in total. The molecule has 0 aromatic heterocycles. The predicted octanol–water partition coefficient (Wildman–Crippen LogP) is 1.39. The molecule has 1 aliphatic rings. The Morgan fingerprint density at radius 1 is 1.64 bits per heavy atom. The number of rotatable bonds is 0. The van der Waals surface area contributed by atoms with Crippen molar-refractivity contribution in [1.29, 1.82) is 5.26 Å². The Balaban J connectivity index is 2.93. The van der Waals surface area contributed by atoms with E-state index < -0.39 is 6.10 Å². The van der Waals surface area contributed by atoms with Crippen molar-refractivity contribution in [3.8, 4) is 6.07 Å². The van der Waals surface area contributed by atoms with Crippen LogP contribution in [0.25, 0.3) is 0 Å². The van der Waals surface area contributed by atoms with Gasteiger partial charge in [0.15, 0.2) is 0 Å². The number of nitrogens with zero attached hydrogens (tertiary/aromatic N) is 1. The van der Waals surface area contributed by atoms with Crippen molar-refractivity contribution in [3.05, 3.63) is 23.3 Å². The standard InChI is InChI=1S/C9H11NO/c1-6-3-8(5-10)4-7(2)9(6)11/h3-4,6,9,11H,1-2H3. The van der Waals surface area contributed by atoms with Gasteiger partial charge in [0.1, 0.15) is 0 Å². The van der Waals surface area contributed by atoms with Crippen LogP contribution < -0.4 is 0 Å². The average molecular weight is 149 g/mol. The Bertz CT molecular complexity index is 257. The summed E-state index contributed by atoms with van der Waals surface area (Å²) in [6, 6.07) is 2.06. The van der Waals surface area contributed by atoms with Gasteiger partial charge in [0, 0.05) is 11.5 Å². The van der Waals surface area contributed by atoms with Crippen LogP contribution >= 0.6 is 0 Å². The van der Waals surface area contributed by atoms with Crippen LogP contribution in [0.3, 0.4) is 0 Å². The van der Waals surface area contributed by atoms with Crippen LogP contribution in [0.5, 0.6) is 0 Å². The molecule has 2 unspecified atom stereocenters. The first-order chi connectivity index (χ1) is 5.15. The van der Waals surface area contributed by atoms with E-state index in [0.29, 0.717) is 5.57 Å². The Morgan fingerprint density at radius 3 is 2.73 bits per heavy atom. The van der Waals surface area contributed by atoms with E-state index in [0.717, 1.165) is 5.57 Å². The summed E-state index contributed by atoms with van der Waals surface area (Å²) in [5.74, 6) is 0.0645. The third kappa shape index (κ3) is 1.50. The summed E-state index contributed by atoms with van der Waals surface area (Å²) in [6.45, 7) is 3.74. The van der Waals surface area contributed by atoms with Gasteiger partial charge < -0.3 is 5.11 Å². The van der Waals surface area contributed by atoms with Gasteiger partial charge >= 0.3 is 0 Å². The lowest BCUT2D eigenvalue weighted by atomic mass is 9.90. The van der Waals surface area contributed by atoms with E-state index in [9.17, 15) is 5.11 Å². The maximum absolute atomic E-state index is 9.44. The third-order valence-corrected chi connectivity index (χ3v) is 1.92. The molecule has 0 saturated carbocycles. The summed E-state index contributed by atoms with van der Waals surface area (Å²) in [7, 11) is 0. The van der Waals surface area contributed by atoms with Gasteiger partial charge in [-0.1, -0.05) is 13.0 Å². The van der Waals surface area contributed by atoms with Crippen LogP contribution in [-0.2, 0) is 0 Å². The molecule has 0 aromatic carbocycles. The fourth-order valence-corrected chi connectivity index (χ4v) is 1.24. The van der Waals surface area contributed by atoms with Gasteiger partial charge in [0.25, 0.3) is 0 Å². The number of aliphatic hydroxyl groups is 1. The zero-order valence-corrected chi connectivity index (χ0v) is 6.70. The molecule has 0 aliphatic heterocycles. The molecule has 0 amide bonds. The Morgan fingerprint density at radius 2 is 2.27 bits per heavy atom. The summed E-state index contributed by atoms with van der Waals surface area (Å²) in [5, 5.41) is 18.0. The summed E-state index contributed by atoms with van der Waals surface area (Å²) in [5.41, 5.74) is 1.52. The minimum absolute atomic E-state index is 0.0645. The van der Waals surface area contributed by atoms with Crippen molar-refractivity contribution < 1.29 is 5.11 Å². The second-order valence-electron chi connectivity index (χ2n) is 2.93. The van der Waals surface area contributed by atoms with Gasteiger partial charge in [-0.25, -0.2) is 0 Å². The highest BCUT2D eigenvalue weighted by atomic mass is 16.3. The lowest BCUT2D eigenvalue weighted by molar-refractivity contribution is 0.171. The fraction of sp³-hybridized carbons (Fsp3) is 0.444. The molecule has 0 spiro atoms. The number of hydrogen-bond donors (Lipinski definition) is 1. The fourth-order valence-electron chi connectivity index (χ4n) is 1.24. The Labute approximate surface area is 66.5 Å². The van der Waals surface area contributed by atoms with Crippen molar-refractivity contribution in [2.45, 2.75) is 20.0 Å². The zero-order valence-electron chi connectivity index (χ0n) is 6.70. The molecule has 2 nitrogen and oxygen atoms in total. The second-order valence-corrected chi connectivity index (χ2v) is 2.93. The van der Waals surface area contributed by atoms with E-state index in [1.807, 2.05) is 13.8 Å². The summed E-state index contributed by atoms with van der Waals surface area (Å²) >= 11 is 0. The molecule has 58 valence electrons. The van der Waals surface area contributed by atoms with Crippen molar-refractivity contribution in [3.63, 3.8) is 0 Å². The lowest BCUT2D eigenvalue weighted by Crippen LogP contribution is -2.20. The normalized spacial score (nSPS) is 30.4. The molecule has 0 bridgehead atoms. The molecule has 0 fully saturated rings. The van der Waals surface area contributed by atoms with Gasteiger partial charge in [0.2, 0.25) is 0 Å². The van der Waals surface area contributed by atoms with Crippen molar-refractivity contribution in [1.82, 2.24) is 0 Å². The number of nitriles is 1. The van der Waals surface area contributed by atoms with Crippen molar-refractivity contribution in [2.24, 2.45) is 5.92 Å². The average Bonchev–Trinajstić information content (AvgIpc) is 1.99. The number of aliphatic hydroxyl groups excluding tert-OH is 1. The van der Waals surface area contributed by atoms with E-state index in [4.69, 9.17) is 5.26 Å². The monoisotopic (exact) mass is 149 g/mol. The van der Waals surface area contributed by atoms with E-state index >= 15 is 0 Å². The molecule has 0 aromatic rings. The van der Waals surface area contributed by atoms with Gasteiger partial charge in [0.05, 0.1) is 12.2 Å². The van der Waals surface area contributed by atoms with Gasteiger partial charge in [-0.15, -0.1) is 0 Å². The predicted molar refractivity (Wildman–Crippen MR) is 42.6 cm³/mol. The highest BCUT2D eigenvalue weighted by Gasteiger charge is 2.18. The lowest BCUT2D eigenvalue weighted by Gasteiger charge is -2.20. The van der Waals surface area contributed by atoms with Crippen molar-refractivity contribution >= 4 is 0 Å². The molecule has 11 heavy (non-hydrogen) atoms. The molecule has 2 heteroatoms. The Hall–Kier alpha value is -1.07. The molecule has 0 saturated heterocycles. The minimum atomic E-state index is -0.410. The van der Waals surface area contributed by atoms with Crippen LogP contribution in [0.2, 0.25) is 0 Å². The van der Waals surface area contributed by atoms with E-state index in [1.165, 1.54) is 0 Å². The molecule has 0 heterocycles.